The Hall–Kier alpha value is -3.04. The van der Waals surface area contributed by atoms with Gasteiger partial charge in [-0.3, -0.25) is 4.72 Å². The van der Waals surface area contributed by atoms with Crippen molar-refractivity contribution < 1.29 is 17.6 Å². The maximum Gasteiger partial charge on any atom is 0.262 e. The van der Waals surface area contributed by atoms with Gasteiger partial charge in [0.15, 0.2) is 5.11 Å². The minimum atomic E-state index is -3.75. The first-order chi connectivity index (χ1) is 13.5. The van der Waals surface area contributed by atoms with E-state index in [9.17, 15) is 8.42 Å². The fourth-order valence-electron chi connectivity index (χ4n) is 2.41. The van der Waals surface area contributed by atoms with Crippen LogP contribution in [0.2, 0.25) is 0 Å². The summed E-state index contributed by atoms with van der Waals surface area (Å²) in [6, 6.07) is 16.7. The Kier molecular flexibility index (Phi) is 6.17. The van der Waals surface area contributed by atoms with Gasteiger partial charge in [-0.2, -0.15) is 0 Å². The van der Waals surface area contributed by atoms with Crippen LogP contribution < -0.4 is 20.1 Å². The van der Waals surface area contributed by atoms with Gasteiger partial charge in [0.05, 0.1) is 30.5 Å². The lowest BCUT2D eigenvalue weighted by Gasteiger charge is -2.13. The highest BCUT2D eigenvalue weighted by Crippen LogP contribution is 2.26. The van der Waals surface area contributed by atoms with Crippen molar-refractivity contribution in [3.8, 4) is 5.75 Å². The van der Waals surface area contributed by atoms with Gasteiger partial charge in [0.1, 0.15) is 11.5 Å². The molecule has 9 heteroatoms. The van der Waals surface area contributed by atoms with Gasteiger partial charge < -0.3 is 19.8 Å². The van der Waals surface area contributed by atoms with Crippen molar-refractivity contribution in [1.82, 2.24) is 5.32 Å². The van der Waals surface area contributed by atoms with Crippen molar-refractivity contribution in [2.24, 2.45) is 0 Å². The van der Waals surface area contributed by atoms with Gasteiger partial charge in [-0.25, -0.2) is 8.42 Å². The first kappa shape index (κ1) is 19.7. The first-order valence-corrected chi connectivity index (χ1v) is 10.2. The number of nitrogens with one attached hydrogen (secondary N) is 3. The molecule has 0 saturated heterocycles. The SMILES string of the molecule is COc1ccccc1NS(=O)(=O)c1ccc(NC(=S)NCc2ccco2)cc1. The maximum atomic E-state index is 12.6. The highest BCUT2D eigenvalue weighted by Gasteiger charge is 2.16. The van der Waals surface area contributed by atoms with Crippen LogP contribution in [0.15, 0.2) is 76.2 Å². The van der Waals surface area contributed by atoms with Crippen LogP contribution in [0.3, 0.4) is 0 Å². The molecular formula is C19H19N3O4S2. The van der Waals surface area contributed by atoms with Crippen LogP contribution in [-0.4, -0.2) is 20.6 Å². The van der Waals surface area contributed by atoms with E-state index in [0.717, 1.165) is 5.76 Å². The van der Waals surface area contributed by atoms with Gasteiger partial charge in [-0.15, -0.1) is 0 Å². The Morgan fingerprint density at radius 3 is 2.50 bits per heavy atom. The molecule has 3 aromatic rings. The lowest BCUT2D eigenvalue weighted by atomic mass is 10.3. The van der Waals surface area contributed by atoms with E-state index in [1.165, 1.54) is 19.2 Å². The van der Waals surface area contributed by atoms with Crippen LogP contribution in [0, 0.1) is 0 Å². The second-order valence-corrected chi connectivity index (χ2v) is 7.81. The first-order valence-electron chi connectivity index (χ1n) is 8.31. The predicted molar refractivity (Wildman–Crippen MR) is 112 cm³/mol. The summed E-state index contributed by atoms with van der Waals surface area (Å²) in [5.74, 6) is 1.20. The number of sulfonamides is 1. The third-order valence-electron chi connectivity index (χ3n) is 3.78. The molecule has 3 rings (SSSR count). The summed E-state index contributed by atoms with van der Waals surface area (Å²) < 4.78 is 38.1. The molecule has 0 aliphatic carbocycles. The van der Waals surface area contributed by atoms with Crippen LogP contribution in [0.1, 0.15) is 5.76 Å². The Bertz CT molecular complexity index is 1030. The number of benzene rings is 2. The normalized spacial score (nSPS) is 10.9. The Morgan fingerprint density at radius 1 is 1.07 bits per heavy atom. The summed E-state index contributed by atoms with van der Waals surface area (Å²) in [5.41, 5.74) is 1.03. The maximum absolute atomic E-state index is 12.6. The van der Waals surface area contributed by atoms with E-state index in [2.05, 4.69) is 15.4 Å². The molecule has 2 aromatic carbocycles. The van der Waals surface area contributed by atoms with Gasteiger partial charge in [0, 0.05) is 5.69 Å². The molecule has 28 heavy (non-hydrogen) atoms. The van der Waals surface area contributed by atoms with Crippen LogP contribution in [0.5, 0.6) is 5.75 Å². The van der Waals surface area contributed by atoms with Crippen molar-refractivity contribution >= 4 is 38.7 Å². The van der Waals surface area contributed by atoms with Crippen molar-refractivity contribution in [1.29, 1.82) is 0 Å². The molecule has 0 amide bonds. The molecule has 7 nitrogen and oxygen atoms in total. The summed E-state index contributed by atoms with van der Waals surface area (Å²) >= 11 is 5.22. The zero-order valence-electron chi connectivity index (χ0n) is 15.0. The number of hydrogen-bond acceptors (Lipinski definition) is 5. The summed E-state index contributed by atoms with van der Waals surface area (Å²) in [7, 11) is -2.27. The van der Waals surface area contributed by atoms with Crippen LogP contribution >= 0.6 is 12.2 Å². The van der Waals surface area contributed by atoms with Crippen LogP contribution in [0.25, 0.3) is 0 Å². The Balaban J connectivity index is 1.63. The summed E-state index contributed by atoms with van der Waals surface area (Å²) in [6.45, 7) is 0.453. The summed E-state index contributed by atoms with van der Waals surface area (Å²) in [6.07, 6.45) is 1.59. The fraction of sp³-hybridized carbons (Fsp3) is 0.105. The fourth-order valence-corrected chi connectivity index (χ4v) is 3.67. The number of rotatable bonds is 7. The van der Waals surface area contributed by atoms with Gasteiger partial charge in [-0.05, 0) is 60.7 Å². The van der Waals surface area contributed by atoms with E-state index in [-0.39, 0.29) is 4.90 Å². The Labute approximate surface area is 168 Å². The molecule has 0 aliphatic rings. The van der Waals surface area contributed by atoms with Crippen molar-refractivity contribution in [2.75, 3.05) is 17.1 Å². The second-order valence-electron chi connectivity index (χ2n) is 5.72. The second kappa shape index (κ2) is 8.77. The van der Waals surface area contributed by atoms with Gasteiger partial charge in [0.2, 0.25) is 0 Å². The number of thiocarbonyl (C=S) groups is 1. The zero-order chi connectivity index (χ0) is 20.0. The lowest BCUT2D eigenvalue weighted by molar-refractivity contribution is 0.417. The third-order valence-corrected chi connectivity index (χ3v) is 5.40. The molecule has 0 fully saturated rings. The molecule has 0 unspecified atom stereocenters. The lowest BCUT2D eigenvalue weighted by Crippen LogP contribution is -2.27. The van der Waals surface area contributed by atoms with E-state index < -0.39 is 10.0 Å². The molecule has 3 N–H and O–H groups in total. The van der Waals surface area contributed by atoms with E-state index in [1.54, 1.807) is 48.7 Å². The largest absolute Gasteiger partial charge is 0.495 e. The number of para-hydroxylation sites is 2. The molecule has 0 radical (unpaired) electrons. The summed E-state index contributed by atoms with van der Waals surface area (Å²) in [5, 5.41) is 6.40. The predicted octanol–water partition coefficient (Wildman–Crippen LogP) is 3.58. The van der Waals surface area contributed by atoms with Crippen molar-refractivity contribution in [2.45, 2.75) is 11.4 Å². The standard InChI is InChI=1S/C19H19N3O4S2/c1-25-18-7-3-2-6-17(18)22-28(23,24)16-10-8-14(9-11-16)21-19(27)20-13-15-5-4-12-26-15/h2-12,22H,13H2,1H3,(H2,20,21,27). The summed E-state index contributed by atoms with van der Waals surface area (Å²) in [4.78, 5) is 0.124. The average molecular weight is 418 g/mol. The number of hydrogen-bond donors (Lipinski definition) is 3. The molecule has 0 spiro atoms. The van der Waals surface area contributed by atoms with Gasteiger partial charge in [-0.1, -0.05) is 12.1 Å². The average Bonchev–Trinajstić information content (AvgIpc) is 3.21. The molecule has 0 aliphatic heterocycles. The number of furan rings is 1. The number of anilines is 2. The molecule has 1 aromatic heterocycles. The highest BCUT2D eigenvalue weighted by molar-refractivity contribution is 7.92. The van der Waals surface area contributed by atoms with E-state index in [0.29, 0.717) is 28.8 Å². The molecule has 0 bridgehead atoms. The monoisotopic (exact) mass is 417 g/mol. The van der Waals surface area contributed by atoms with E-state index in [4.69, 9.17) is 21.4 Å². The van der Waals surface area contributed by atoms with Gasteiger partial charge in [0.25, 0.3) is 10.0 Å². The van der Waals surface area contributed by atoms with E-state index in [1.807, 2.05) is 6.07 Å². The molecule has 1 heterocycles. The third kappa shape index (κ3) is 5.02. The highest BCUT2D eigenvalue weighted by atomic mass is 32.2. The molecular weight excluding hydrogens is 398 g/mol. The molecule has 146 valence electrons. The minimum absolute atomic E-state index is 0.124. The molecule has 0 atom stereocenters. The Morgan fingerprint density at radius 2 is 1.82 bits per heavy atom. The number of ether oxygens (including phenoxy) is 1. The minimum Gasteiger partial charge on any atom is -0.495 e. The van der Waals surface area contributed by atoms with Crippen molar-refractivity contribution in [3.05, 3.63) is 72.7 Å². The van der Waals surface area contributed by atoms with Crippen LogP contribution in [-0.2, 0) is 16.6 Å². The molecule has 0 saturated carbocycles. The number of methoxy groups -OCH3 is 1. The quantitative estimate of drug-likeness (QED) is 0.506. The van der Waals surface area contributed by atoms with Crippen molar-refractivity contribution in [3.63, 3.8) is 0 Å². The van der Waals surface area contributed by atoms with Crippen LogP contribution in [0.4, 0.5) is 11.4 Å². The van der Waals surface area contributed by atoms with Gasteiger partial charge >= 0.3 is 0 Å². The zero-order valence-corrected chi connectivity index (χ0v) is 16.6. The van der Waals surface area contributed by atoms with E-state index >= 15 is 0 Å². The topological polar surface area (TPSA) is 92.6 Å². The smallest absolute Gasteiger partial charge is 0.262 e.